The number of nitrogens with zero attached hydrogens (tertiary/aromatic N) is 4. The Labute approximate surface area is 116 Å². The molecule has 0 saturated carbocycles. The van der Waals surface area contributed by atoms with E-state index in [1.54, 1.807) is 0 Å². The van der Waals surface area contributed by atoms with Gasteiger partial charge in [0.05, 0.1) is 17.9 Å². The van der Waals surface area contributed by atoms with Gasteiger partial charge in [-0.3, -0.25) is 10.1 Å². The second kappa shape index (κ2) is 5.21. The van der Waals surface area contributed by atoms with Crippen LogP contribution in [-0.2, 0) is 0 Å². The summed E-state index contributed by atoms with van der Waals surface area (Å²) in [5, 5.41) is 3.09. The molecule has 0 atom stereocenters. The highest BCUT2D eigenvalue weighted by molar-refractivity contribution is 7.10. The van der Waals surface area contributed by atoms with Gasteiger partial charge >= 0.3 is 0 Å². The normalized spacial score (nSPS) is 10.3. The summed E-state index contributed by atoms with van der Waals surface area (Å²) in [6.45, 7) is 0. The molecule has 2 heterocycles. The summed E-state index contributed by atoms with van der Waals surface area (Å²) in [6, 6.07) is 9.58. The number of hydrogen-bond acceptors (Lipinski definition) is 7. The van der Waals surface area contributed by atoms with Crippen LogP contribution in [0.3, 0.4) is 0 Å². The summed E-state index contributed by atoms with van der Waals surface area (Å²) < 4.78 is 11.8. The molecule has 6 nitrogen and oxygen atoms in total. The minimum Gasteiger partial charge on any atom is -0.295 e. The van der Waals surface area contributed by atoms with Gasteiger partial charge in [0.1, 0.15) is 0 Å². The fraction of sp³-hybridized carbons (Fsp3) is 0. The molecule has 0 saturated heterocycles. The minimum absolute atomic E-state index is 0.279. The monoisotopic (exact) mass is 289 g/mol. The van der Waals surface area contributed by atoms with Gasteiger partial charge in [-0.1, -0.05) is 30.3 Å². The molecule has 1 aromatic carbocycles. The van der Waals surface area contributed by atoms with Crippen molar-refractivity contribution in [3.05, 3.63) is 42.2 Å². The van der Waals surface area contributed by atoms with Crippen LogP contribution in [0.25, 0.3) is 11.4 Å². The van der Waals surface area contributed by atoms with Crippen LogP contribution >= 0.6 is 23.3 Å². The second-order valence-electron chi connectivity index (χ2n) is 3.54. The molecule has 0 bridgehead atoms. The summed E-state index contributed by atoms with van der Waals surface area (Å²) in [6.07, 6.45) is 1.42. The zero-order valence-electron chi connectivity index (χ0n) is 9.48. The van der Waals surface area contributed by atoms with Gasteiger partial charge < -0.3 is 0 Å². The van der Waals surface area contributed by atoms with Crippen molar-refractivity contribution in [2.75, 3.05) is 5.32 Å². The van der Waals surface area contributed by atoms with Gasteiger partial charge in [-0.15, -0.1) is 0 Å². The van der Waals surface area contributed by atoms with Gasteiger partial charge in [-0.05, 0) is 0 Å². The molecule has 1 N–H and O–H groups in total. The smallest absolute Gasteiger partial charge is 0.278 e. The van der Waals surface area contributed by atoms with Crippen LogP contribution in [0, 0.1) is 0 Å². The Morgan fingerprint density at radius 1 is 1.16 bits per heavy atom. The molecule has 0 aliphatic heterocycles. The van der Waals surface area contributed by atoms with Gasteiger partial charge in [-0.25, -0.2) is 0 Å². The van der Waals surface area contributed by atoms with Crippen molar-refractivity contribution in [2.24, 2.45) is 0 Å². The zero-order valence-corrected chi connectivity index (χ0v) is 11.1. The molecule has 3 rings (SSSR count). The molecule has 1 amide bonds. The van der Waals surface area contributed by atoms with E-state index < -0.39 is 0 Å². The number of carbonyl (C=O) groups is 1. The molecule has 0 spiro atoms. The Morgan fingerprint density at radius 2 is 2.00 bits per heavy atom. The van der Waals surface area contributed by atoms with E-state index in [4.69, 9.17) is 0 Å². The first-order chi connectivity index (χ1) is 9.33. The number of benzene rings is 1. The lowest BCUT2D eigenvalue weighted by Crippen LogP contribution is -2.11. The summed E-state index contributed by atoms with van der Waals surface area (Å²) in [7, 11) is 0. The third-order valence-electron chi connectivity index (χ3n) is 2.27. The molecule has 0 fully saturated rings. The third kappa shape index (κ3) is 2.64. The van der Waals surface area contributed by atoms with Crippen LogP contribution in [0.4, 0.5) is 5.13 Å². The molecule has 94 valence electrons. The maximum Gasteiger partial charge on any atom is 0.278 e. The average molecular weight is 289 g/mol. The fourth-order valence-corrected chi connectivity index (χ4v) is 2.40. The SMILES string of the molecule is O=C(Nc1nc(-c2ccccc2)ns1)c1cnsn1. The van der Waals surface area contributed by atoms with Gasteiger partial charge in [0.2, 0.25) is 5.13 Å². The Morgan fingerprint density at radius 3 is 2.74 bits per heavy atom. The Kier molecular flexibility index (Phi) is 3.25. The van der Waals surface area contributed by atoms with Gasteiger partial charge in [0.15, 0.2) is 11.5 Å². The van der Waals surface area contributed by atoms with Crippen LogP contribution in [0.1, 0.15) is 10.5 Å². The summed E-state index contributed by atoms with van der Waals surface area (Å²) in [5.74, 6) is 0.266. The van der Waals surface area contributed by atoms with Crippen molar-refractivity contribution in [2.45, 2.75) is 0 Å². The lowest BCUT2D eigenvalue weighted by molar-refractivity contribution is 0.102. The highest BCUT2D eigenvalue weighted by Gasteiger charge is 2.12. The molecule has 8 heteroatoms. The number of nitrogens with one attached hydrogen (secondary N) is 1. The fourth-order valence-electron chi connectivity index (χ4n) is 1.40. The molecule has 0 radical (unpaired) electrons. The summed E-state index contributed by atoms with van der Waals surface area (Å²) in [4.78, 5) is 16.0. The lowest BCUT2D eigenvalue weighted by Gasteiger charge is -1.95. The maximum atomic E-state index is 11.8. The van der Waals surface area contributed by atoms with Crippen LogP contribution < -0.4 is 5.32 Å². The number of rotatable bonds is 3. The topological polar surface area (TPSA) is 80.7 Å². The van der Waals surface area contributed by atoms with Crippen molar-refractivity contribution in [3.8, 4) is 11.4 Å². The first-order valence-corrected chi connectivity index (χ1v) is 6.81. The van der Waals surface area contributed by atoms with Crippen molar-refractivity contribution in [1.29, 1.82) is 0 Å². The molecule has 0 aliphatic rings. The lowest BCUT2D eigenvalue weighted by atomic mass is 10.2. The van der Waals surface area contributed by atoms with Crippen LogP contribution in [0.5, 0.6) is 0 Å². The number of anilines is 1. The number of hydrogen-bond donors (Lipinski definition) is 1. The average Bonchev–Trinajstić information content (AvgIpc) is 3.11. The Balaban J connectivity index is 1.77. The molecule has 0 unspecified atom stereocenters. The largest absolute Gasteiger partial charge is 0.295 e. The standard InChI is InChI=1S/C11H7N5OS2/c17-10(8-6-12-19-15-8)14-11-13-9(16-18-11)7-4-2-1-3-5-7/h1-6H,(H,13,14,16,17). The zero-order chi connectivity index (χ0) is 13.1. The molecule has 19 heavy (non-hydrogen) atoms. The van der Waals surface area contributed by atoms with E-state index in [0.717, 1.165) is 28.8 Å². The highest BCUT2D eigenvalue weighted by Crippen LogP contribution is 2.20. The Hall–Kier alpha value is -2.19. The maximum absolute atomic E-state index is 11.8. The van der Waals surface area contributed by atoms with Crippen molar-refractivity contribution >= 4 is 34.3 Å². The number of amides is 1. The first-order valence-electron chi connectivity index (χ1n) is 5.31. The van der Waals surface area contributed by atoms with Crippen molar-refractivity contribution in [1.82, 2.24) is 18.1 Å². The summed E-state index contributed by atoms with van der Waals surface area (Å²) in [5.41, 5.74) is 1.19. The number of carbonyl (C=O) groups excluding carboxylic acids is 1. The quantitative estimate of drug-likeness (QED) is 0.800. The predicted octanol–water partition coefficient (Wildman–Crippen LogP) is 2.31. The van der Waals surface area contributed by atoms with E-state index >= 15 is 0 Å². The highest BCUT2D eigenvalue weighted by atomic mass is 32.1. The Bertz CT molecular complexity index is 680. The van der Waals surface area contributed by atoms with Gasteiger partial charge in [0, 0.05) is 17.1 Å². The van der Waals surface area contributed by atoms with E-state index in [0.29, 0.717) is 11.0 Å². The first kappa shape index (κ1) is 11.9. The predicted molar refractivity (Wildman–Crippen MR) is 73.2 cm³/mol. The molecule has 2 aromatic heterocycles. The van der Waals surface area contributed by atoms with Crippen LogP contribution in [-0.4, -0.2) is 24.0 Å². The second-order valence-corrected chi connectivity index (χ2v) is 4.84. The van der Waals surface area contributed by atoms with E-state index in [1.807, 2.05) is 30.3 Å². The van der Waals surface area contributed by atoms with Crippen molar-refractivity contribution < 1.29 is 4.79 Å². The van der Waals surface area contributed by atoms with Gasteiger partial charge in [0.25, 0.3) is 5.91 Å². The van der Waals surface area contributed by atoms with Crippen LogP contribution in [0.2, 0.25) is 0 Å². The van der Waals surface area contributed by atoms with E-state index in [-0.39, 0.29) is 11.6 Å². The number of aromatic nitrogens is 4. The van der Waals surface area contributed by atoms with E-state index in [9.17, 15) is 4.79 Å². The summed E-state index contributed by atoms with van der Waals surface area (Å²) >= 11 is 2.12. The van der Waals surface area contributed by atoms with Crippen molar-refractivity contribution in [3.63, 3.8) is 0 Å². The molecule has 3 aromatic rings. The molecule has 0 aliphatic carbocycles. The minimum atomic E-state index is -0.329. The van der Waals surface area contributed by atoms with E-state index in [1.165, 1.54) is 6.20 Å². The van der Waals surface area contributed by atoms with Gasteiger partial charge in [-0.2, -0.15) is 18.1 Å². The molecular weight excluding hydrogens is 282 g/mol. The molecular formula is C11H7N5OS2. The third-order valence-corrected chi connectivity index (χ3v) is 3.38. The van der Waals surface area contributed by atoms with Crippen LogP contribution in [0.15, 0.2) is 36.5 Å². The van der Waals surface area contributed by atoms with E-state index in [2.05, 4.69) is 23.4 Å².